The van der Waals surface area contributed by atoms with Crippen LogP contribution in [0.1, 0.15) is 15.2 Å². The van der Waals surface area contributed by atoms with Crippen LogP contribution < -0.4 is 0 Å². The number of halogens is 3. The Labute approximate surface area is 70.8 Å². The molecule has 0 amide bonds. The van der Waals surface area contributed by atoms with E-state index in [1.54, 1.807) is 0 Å². The maximum Gasteiger partial charge on any atom is 0.393 e. The van der Waals surface area contributed by atoms with E-state index in [1.165, 1.54) is 11.4 Å². The van der Waals surface area contributed by atoms with Crippen molar-refractivity contribution < 1.29 is 18.0 Å². The van der Waals surface area contributed by atoms with E-state index in [1.807, 2.05) is 0 Å². The van der Waals surface area contributed by atoms with Gasteiger partial charge in [-0.25, -0.2) is 0 Å². The maximum absolute atomic E-state index is 11.8. The molecule has 0 bridgehead atoms. The molecule has 0 spiro atoms. The van der Waals surface area contributed by atoms with E-state index in [4.69, 9.17) is 0 Å². The molecule has 1 nitrogen and oxygen atoms in total. The SMILES string of the molecule is O=Cc1sccc1CC(F)(F)F. The minimum absolute atomic E-state index is 0.0579. The van der Waals surface area contributed by atoms with Crippen LogP contribution in [0.25, 0.3) is 0 Å². The first-order valence-electron chi connectivity index (χ1n) is 3.11. The quantitative estimate of drug-likeness (QED) is 0.661. The highest BCUT2D eigenvalue weighted by molar-refractivity contribution is 7.11. The second-order valence-electron chi connectivity index (χ2n) is 2.22. The Morgan fingerprint density at radius 1 is 1.50 bits per heavy atom. The Hall–Kier alpha value is -0.840. The van der Waals surface area contributed by atoms with E-state index < -0.39 is 12.6 Å². The third kappa shape index (κ3) is 2.34. The van der Waals surface area contributed by atoms with Crippen LogP contribution in [0.2, 0.25) is 0 Å². The lowest BCUT2D eigenvalue weighted by atomic mass is 10.2. The van der Waals surface area contributed by atoms with Gasteiger partial charge in [0.05, 0.1) is 11.3 Å². The highest BCUT2D eigenvalue weighted by Crippen LogP contribution is 2.25. The Kier molecular flexibility index (Phi) is 2.52. The number of alkyl halides is 3. The molecule has 0 aliphatic rings. The van der Waals surface area contributed by atoms with Crippen LogP contribution in [0.3, 0.4) is 0 Å². The molecule has 1 rings (SSSR count). The second-order valence-corrected chi connectivity index (χ2v) is 3.17. The van der Waals surface area contributed by atoms with Gasteiger partial charge in [-0.2, -0.15) is 13.2 Å². The zero-order valence-corrected chi connectivity index (χ0v) is 6.71. The van der Waals surface area contributed by atoms with Crippen molar-refractivity contribution in [3.05, 3.63) is 21.9 Å². The highest BCUT2D eigenvalue weighted by atomic mass is 32.1. The number of rotatable bonds is 2. The fourth-order valence-electron chi connectivity index (χ4n) is 0.813. The molecule has 5 heteroatoms. The summed E-state index contributed by atoms with van der Waals surface area (Å²) in [6.07, 6.45) is -4.81. The molecule has 0 aliphatic heterocycles. The summed E-state index contributed by atoms with van der Waals surface area (Å²) in [5.74, 6) is 0. The van der Waals surface area contributed by atoms with Gasteiger partial charge in [0.15, 0.2) is 6.29 Å². The Bertz CT molecular complexity index is 276. The van der Waals surface area contributed by atoms with Gasteiger partial charge in [-0.1, -0.05) is 0 Å². The molecule has 66 valence electrons. The van der Waals surface area contributed by atoms with Gasteiger partial charge < -0.3 is 0 Å². The number of carbonyl (C=O) groups is 1. The molecule has 0 N–H and O–H groups in total. The fourth-order valence-corrected chi connectivity index (χ4v) is 1.54. The van der Waals surface area contributed by atoms with E-state index in [-0.39, 0.29) is 10.4 Å². The lowest BCUT2D eigenvalue weighted by Gasteiger charge is -2.03. The molecule has 12 heavy (non-hydrogen) atoms. The summed E-state index contributed by atoms with van der Waals surface area (Å²) in [7, 11) is 0. The van der Waals surface area contributed by atoms with E-state index in [2.05, 4.69) is 0 Å². The van der Waals surface area contributed by atoms with Crippen LogP contribution in [-0.2, 0) is 6.42 Å². The van der Waals surface area contributed by atoms with Crippen LogP contribution in [0, 0.1) is 0 Å². The molecule has 0 fully saturated rings. The average Bonchev–Trinajstić information content (AvgIpc) is 2.31. The largest absolute Gasteiger partial charge is 0.393 e. The van der Waals surface area contributed by atoms with E-state index >= 15 is 0 Å². The van der Waals surface area contributed by atoms with Crippen LogP contribution in [0.15, 0.2) is 11.4 Å². The van der Waals surface area contributed by atoms with E-state index in [0.717, 1.165) is 11.3 Å². The molecule has 0 radical (unpaired) electrons. The Morgan fingerprint density at radius 2 is 2.17 bits per heavy atom. The number of carbonyl (C=O) groups excluding carboxylic acids is 1. The summed E-state index contributed by atoms with van der Waals surface area (Å²) in [4.78, 5) is 10.4. The van der Waals surface area contributed by atoms with Crippen LogP contribution in [-0.4, -0.2) is 12.5 Å². The van der Waals surface area contributed by atoms with Crippen molar-refractivity contribution in [2.24, 2.45) is 0 Å². The molecule has 1 aromatic heterocycles. The van der Waals surface area contributed by atoms with Gasteiger partial charge >= 0.3 is 6.18 Å². The summed E-state index contributed by atoms with van der Waals surface area (Å²) in [6.45, 7) is 0. The standard InChI is InChI=1S/C7H5F3OS/c8-7(9,10)3-5-1-2-12-6(5)4-11/h1-2,4H,3H2. The maximum atomic E-state index is 11.8. The summed E-state index contributed by atoms with van der Waals surface area (Å²) < 4.78 is 35.5. The first-order chi connectivity index (χ1) is 5.53. The fraction of sp³-hybridized carbons (Fsp3) is 0.286. The van der Waals surface area contributed by atoms with Crippen molar-refractivity contribution in [1.29, 1.82) is 0 Å². The predicted octanol–water partition coefficient (Wildman–Crippen LogP) is 2.67. The topological polar surface area (TPSA) is 17.1 Å². The zero-order valence-electron chi connectivity index (χ0n) is 5.89. The van der Waals surface area contributed by atoms with Crippen molar-refractivity contribution in [3.63, 3.8) is 0 Å². The molecular formula is C7H5F3OS. The van der Waals surface area contributed by atoms with E-state index in [0.29, 0.717) is 6.29 Å². The van der Waals surface area contributed by atoms with Gasteiger partial charge in [-0.05, 0) is 17.0 Å². The molecular weight excluding hydrogens is 189 g/mol. The first-order valence-corrected chi connectivity index (χ1v) is 3.99. The highest BCUT2D eigenvalue weighted by Gasteiger charge is 2.29. The molecule has 0 atom stereocenters. The second kappa shape index (κ2) is 3.26. The lowest BCUT2D eigenvalue weighted by Crippen LogP contribution is -2.11. The first kappa shape index (κ1) is 9.25. The molecule has 0 aliphatic carbocycles. The Morgan fingerprint density at radius 3 is 2.67 bits per heavy atom. The molecule has 0 unspecified atom stereocenters. The van der Waals surface area contributed by atoms with Gasteiger partial charge in [-0.15, -0.1) is 11.3 Å². The molecule has 1 heterocycles. The number of aldehydes is 1. The van der Waals surface area contributed by atoms with Gasteiger partial charge in [0.2, 0.25) is 0 Å². The van der Waals surface area contributed by atoms with Crippen molar-refractivity contribution >= 4 is 17.6 Å². The normalized spacial score (nSPS) is 11.6. The van der Waals surface area contributed by atoms with Crippen molar-refractivity contribution in [1.82, 2.24) is 0 Å². The number of thiophene rings is 1. The number of hydrogen-bond acceptors (Lipinski definition) is 2. The average molecular weight is 194 g/mol. The molecule has 0 saturated heterocycles. The number of hydrogen-bond donors (Lipinski definition) is 0. The van der Waals surface area contributed by atoms with Gasteiger partial charge in [0.25, 0.3) is 0 Å². The van der Waals surface area contributed by atoms with Gasteiger partial charge in [0, 0.05) is 0 Å². The smallest absolute Gasteiger partial charge is 0.297 e. The minimum Gasteiger partial charge on any atom is -0.297 e. The monoisotopic (exact) mass is 194 g/mol. The molecule has 0 aromatic carbocycles. The summed E-state index contributed by atoms with van der Waals surface area (Å²) in [6, 6.07) is 1.32. The lowest BCUT2D eigenvalue weighted by molar-refractivity contribution is -0.127. The summed E-state index contributed by atoms with van der Waals surface area (Å²) >= 11 is 1.02. The van der Waals surface area contributed by atoms with Crippen molar-refractivity contribution in [3.8, 4) is 0 Å². The van der Waals surface area contributed by atoms with Crippen molar-refractivity contribution in [2.45, 2.75) is 12.6 Å². The molecule has 1 aromatic rings. The zero-order chi connectivity index (χ0) is 9.19. The predicted molar refractivity (Wildman–Crippen MR) is 39.5 cm³/mol. The molecule has 0 saturated carbocycles. The van der Waals surface area contributed by atoms with Crippen LogP contribution >= 0.6 is 11.3 Å². The summed E-state index contributed by atoms with van der Waals surface area (Å²) in [5.41, 5.74) is 0.0579. The van der Waals surface area contributed by atoms with Gasteiger partial charge in [0.1, 0.15) is 0 Å². The Balaban J connectivity index is 2.81. The van der Waals surface area contributed by atoms with Crippen LogP contribution in [0.5, 0.6) is 0 Å². The van der Waals surface area contributed by atoms with Crippen molar-refractivity contribution in [2.75, 3.05) is 0 Å². The third-order valence-electron chi connectivity index (χ3n) is 1.28. The van der Waals surface area contributed by atoms with Gasteiger partial charge in [-0.3, -0.25) is 4.79 Å². The third-order valence-corrected chi connectivity index (χ3v) is 2.16. The van der Waals surface area contributed by atoms with E-state index in [9.17, 15) is 18.0 Å². The minimum atomic E-state index is -4.24. The van der Waals surface area contributed by atoms with Crippen LogP contribution in [0.4, 0.5) is 13.2 Å². The summed E-state index contributed by atoms with van der Waals surface area (Å²) in [5, 5.41) is 1.48.